The van der Waals surface area contributed by atoms with Crippen LogP contribution in [0.15, 0.2) is 60.8 Å². The molecule has 12 N–H and O–H groups in total. The molecule has 3 aliphatic heterocycles. The van der Waals surface area contributed by atoms with E-state index in [4.69, 9.17) is 28.4 Å². The first-order chi connectivity index (χ1) is 36.3. The van der Waals surface area contributed by atoms with Crippen molar-refractivity contribution >= 4 is 5.91 Å². The van der Waals surface area contributed by atoms with Gasteiger partial charge in [-0.1, -0.05) is 152 Å². The van der Waals surface area contributed by atoms with Gasteiger partial charge in [-0.05, 0) is 57.8 Å². The zero-order chi connectivity index (χ0) is 54.8. The standard InChI is InChI=1S/C56H97NO18/c1-3-5-7-9-11-13-15-16-17-18-19-20-21-22-24-26-28-30-32-34-44(62)57-39(40(61)33-31-29-27-25-23-14-12-10-8-6-4-2)38-70-54-50(68)47(65)52(42(36-59)72-54)75-56-51(69)48(66)53(43(37-60)73-56)74-55-49(67)46(64)45(63)41(35-58)71-55/h5,7,11,13,16-17,19-20,31,33,39-43,45-56,58-61,63-69H,3-4,6,8-10,12,14-15,18,21-30,32,34-38H2,1-2H3,(H,57,62)/b7-5-,13-11-,17-16-,20-19-,33-31+. The van der Waals surface area contributed by atoms with Crippen LogP contribution >= 0.6 is 0 Å². The summed E-state index contributed by atoms with van der Waals surface area (Å²) in [6, 6.07) is -0.981. The lowest BCUT2D eigenvalue weighted by atomic mass is 9.96. The second kappa shape index (κ2) is 39.8. The van der Waals surface area contributed by atoms with Crippen molar-refractivity contribution in [2.24, 2.45) is 0 Å². The maximum absolute atomic E-state index is 13.3. The van der Waals surface area contributed by atoms with Crippen molar-refractivity contribution < 1.29 is 89.4 Å². The van der Waals surface area contributed by atoms with E-state index in [1.165, 1.54) is 38.5 Å². The number of aliphatic hydroxyl groups is 11. The zero-order valence-corrected chi connectivity index (χ0v) is 44.8. The predicted molar refractivity (Wildman–Crippen MR) is 282 cm³/mol. The van der Waals surface area contributed by atoms with Gasteiger partial charge in [-0.2, -0.15) is 0 Å². The van der Waals surface area contributed by atoms with E-state index in [2.05, 4.69) is 67.8 Å². The van der Waals surface area contributed by atoms with Crippen LogP contribution < -0.4 is 5.32 Å². The lowest BCUT2D eigenvalue weighted by Crippen LogP contribution is -2.66. The Morgan fingerprint density at radius 3 is 1.44 bits per heavy atom. The highest BCUT2D eigenvalue weighted by Crippen LogP contribution is 2.33. The normalized spacial score (nSPS) is 31.7. The van der Waals surface area contributed by atoms with Crippen molar-refractivity contribution in [2.75, 3.05) is 26.4 Å². The molecule has 0 spiro atoms. The molecule has 434 valence electrons. The van der Waals surface area contributed by atoms with Crippen LogP contribution in [-0.4, -0.2) is 193 Å². The molecule has 3 saturated heterocycles. The Morgan fingerprint density at radius 1 is 0.493 bits per heavy atom. The molecule has 17 unspecified atom stereocenters. The van der Waals surface area contributed by atoms with Crippen LogP contribution in [0.1, 0.15) is 155 Å². The molecular weight excluding hydrogens is 975 g/mol. The Kier molecular flexibility index (Phi) is 35.4. The number of hydrogen-bond acceptors (Lipinski definition) is 18. The van der Waals surface area contributed by atoms with Crippen molar-refractivity contribution in [3.8, 4) is 0 Å². The number of rotatable bonds is 39. The first-order valence-electron chi connectivity index (χ1n) is 28.0. The van der Waals surface area contributed by atoms with E-state index in [0.29, 0.717) is 6.42 Å². The molecule has 0 aromatic carbocycles. The van der Waals surface area contributed by atoms with Gasteiger partial charge in [-0.25, -0.2) is 0 Å². The van der Waals surface area contributed by atoms with Gasteiger partial charge >= 0.3 is 0 Å². The molecule has 75 heavy (non-hydrogen) atoms. The highest BCUT2D eigenvalue weighted by molar-refractivity contribution is 5.76. The van der Waals surface area contributed by atoms with E-state index >= 15 is 0 Å². The van der Waals surface area contributed by atoms with Gasteiger partial charge in [0.2, 0.25) is 5.91 Å². The van der Waals surface area contributed by atoms with Gasteiger partial charge in [0.25, 0.3) is 0 Å². The van der Waals surface area contributed by atoms with Gasteiger partial charge in [-0.15, -0.1) is 0 Å². The molecule has 0 aromatic heterocycles. The maximum atomic E-state index is 13.3. The Morgan fingerprint density at radius 2 is 0.920 bits per heavy atom. The number of carbonyl (C=O) groups excluding carboxylic acids is 1. The van der Waals surface area contributed by atoms with Gasteiger partial charge in [-0.3, -0.25) is 4.79 Å². The van der Waals surface area contributed by atoms with Crippen LogP contribution in [0.3, 0.4) is 0 Å². The molecule has 3 aliphatic rings. The Hall–Kier alpha value is -2.51. The van der Waals surface area contributed by atoms with Crippen LogP contribution in [-0.2, 0) is 33.2 Å². The smallest absolute Gasteiger partial charge is 0.220 e. The summed E-state index contributed by atoms with van der Waals surface area (Å²) >= 11 is 0. The summed E-state index contributed by atoms with van der Waals surface area (Å²) in [6.07, 6.45) is 16.4. The number of hydrogen-bond donors (Lipinski definition) is 12. The minimum atomic E-state index is -1.98. The molecule has 3 fully saturated rings. The average molecular weight is 1070 g/mol. The third-order valence-electron chi connectivity index (χ3n) is 13.8. The highest BCUT2D eigenvalue weighted by atomic mass is 16.8. The predicted octanol–water partition coefficient (Wildman–Crippen LogP) is 3.70. The van der Waals surface area contributed by atoms with Crippen LogP contribution in [0.2, 0.25) is 0 Å². The summed E-state index contributed by atoms with van der Waals surface area (Å²) in [7, 11) is 0. The van der Waals surface area contributed by atoms with Crippen LogP contribution in [0.25, 0.3) is 0 Å². The molecule has 19 nitrogen and oxygen atoms in total. The van der Waals surface area contributed by atoms with Crippen LogP contribution in [0.5, 0.6) is 0 Å². The third-order valence-corrected chi connectivity index (χ3v) is 13.8. The van der Waals surface area contributed by atoms with Crippen molar-refractivity contribution in [3.05, 3.63) is 60.8 Å². The number of aliphatic hydroxyl groups excluding tert-OH is 11. The fourth-order valence-corrected chi connectivity index (χ4v) is 9.18. The highest BCUT2D eigenvalue weighted by Gasteiger charge is 2.53. The van der Waals surface area contributed by atoms with Crippen molar-refractivity contribution in [1.29, 1.82) is 0 Å². The van der Waals surface area contributed by atoms with Crippen LogP contribution in [0.4, 0.5) is 0 Å². The molecule has 0 bridgehead atoms. The fourth-order valence-electron chi connectivity index (χ4n) is 9.18. The molecule has 3 heterocycles. The lowest BCUT2D eigenvalue weighted by Gasteiger charge is -2.48. The minimum absolute atomic E-state index is 0.224. The third kappa shape index (κ3) is 24.6. The Bertz CT molecular complexity index is 1610. The number of nitrogens with one attached hydrogen (secondary N) is 1. The fraction of sp³-hybridized carbons (Fsp3) is 0.804. The molecule has 3 rings (SSSR count). The Labute approximate surface area is 445 Å². The maximum Gasteiger partial charge on any atom is 0.220 e. The van der Waals surface area contributed by atoms with E-state index < -0.39 is 124 Å². The summed E-state index contributed by atoms with van der Waals surface area (Å²) in [5.41, 5.74) is 0. The molecular formula is C56H97NO18. The van der Waals surface area contributed by atoms with Gasteiger partial charge in [0, 0.05) is 6.42 Å². The van der Waals surface area contributed by atoms with Crippen LogP contribution in [0, 0.1) is 0 Å². The molecule has 0 aliphatic carbocycles. The average Bonchev–Trinajstić information content (AvgIpc) is 3.41. The quantitative estimate of drug-likeness (QED) is 0.0309. The van der Waals surface area contributed by atoms with E-state index in [0.717, 1.165) is 89.9 Å². The topological polar surface area (TPSA) is 307 Å². The van der Waals surface area contributed by atoms with Gasteiger partial charge in [0.1, 0.15) is 73.2 Å². The summed E-state index contributed by atoms with van der Waals surface area (Å²) in [4.78, 5) is 13.3. The SMILES string of the molecule is CC/C=C\C/C=C\C/C=C\C/C=C\CCCCCCCCC(=O)NC(COC1OC(CO)C(OC2OC(CO)C(OC3OC(CO)C(O)C(O)C3O)C(O)C2O)C(O)C1O)C(O)/C=C/CCCCCCCCCCC. The minimum Gasteiger partial charge on any atom is -0.394 e. The first kappa shape index (κ1) is 66.8. The number of ether oxygens (including phenoxy) is 6. The molecule has 0 saturated carbocycles. The second-order valence-electron chi connectivity index (χ2n) is 20.0. The van der Waals surface area contributed by atoms with E-state index in [-0.39, 0.29) is 18.9 Å². The van der Waals surface area contributed by atoms with Crippen molar-refractivity contribution in [1.82, 2.24) is 5.32 Å². The van der Waals surface area contributed by atoms with Gasteiger partial charge in [0.15, 0.2) is 18.9 Å². The van der Waals surface area contributed by atoms with E-state index in [9.17, 15) is 61.0 Å². The lowest BCUT2D eigenvalue weighted by molar-refractivity contribution is -0.379. The monoisotopic (exact) mass is 1070 g/mol. The molecule has 19 heteroatoms. The second-order valence-corrected chi connectivity index (χ2v) is 20.0. The number of unbranched alkanes of at least 4 members (excludes halogenated alkanes) is 15. The zero-order valence-electron chi connectivity index (χ0n) is 44.8. The summed E-state index contributed by atoms with van der Waals surface area (Å²) < 4.78 is 34.1. The molecule has 17 atom stereocenters. The molecule has 0 radical (unpaired) electrons. The largest absolute Gasteiger partial charge is 0.394 e. The molecule has 1 amide bonds. The van der Waals surface area contributed by atoms with Gasteiger partial charge in [0.05, 0.1) is 38.6 Å². The van der Waals surface area contributed by atoms with Gasteiger partial charge < -0.3 is 89.9 Å². The van der Waals surface area contributed by atoms with Crippen molar-refractivity contribution in [2.45, 2.75) is 259 Å². The molecule has 0 aromatic rings. The number of amides is 1. The number of allylic oxidation sites excluding steroid dienone is 9. The van der Waals surface area contributed by atoms with E-state index in [1.807, 2.05) is 6.08 Å². The van der Waals surface area contributed by atoms with E-state index in [1.54, 1.807) is 6.08 Å². The first-order valence-corrected chi connectivity index (χ1v) is 28.0. The summed E-state index contributed by atoms with van der Waals surface area (Å²) in [5.74, 6) is -0.295. The summed E-state index contributed by atoms with van der Waals surface area (Å²) in [5, 5.41) is 120. The summed E-state index contributed by atoms with van der Waals surface area (Å²) in [6.45, 7) is 1.54. The number of carbonyl (C=O) groups is 1. The van der Waals surface area contributed by atoms with Crippen molar-refractivity contribution in [3.63, 3.8) is 0 Å². The Balaban J connectivity index is 1.52.